The number of aliphatic hydroxyl groups is 1. The van der Waals surface area contributed by atoms with Crippen LogP contribution in [0.25, 0.3) is 0 Å². The predicted octanol–water partition coefficient (Wildman–Crippen LogP) is 2.71. The van der Waals surface area contributed by atoms with Gasteiger partial charge in [-0.1, -0.05) is 22.8 Å². The molecule has 0 aliphatic heterocycles. The maximum absolute atomic E-state index is 8.94. The van der Waals surface area contributed by atoms with Gasteiger partial charge in [0.25, 0.3) is 0 Å². The van der Waals surface area contributed by atoms with Crippen molar-refractivity contribution in [3.63, 3.8) is 0 Å². The summed E-state index contributed by atoms with van der Waals surface area (Å²) in [6, 6.07) is 6.95. The van der Waals surface area contributed by atoms with Gasteiger partial charge in [0.15, 0.2) is 5.76 Å². The Kier molecular flexibility index (Phi) is 3.66. The molecular weight excluding hydrogens is 242 g/mol. The topological polar surface area (TPSA) is 55.5 Å². The fraction of sp³-hybridized carbons (Fsp3) is 0.250. The van der Waals surface area contributed by atoms with E-state index < -0.39 is 0 Å². The molecular formula is C12H12ClNO3. The molecule has 0 fully saturated rings. The van der Waals surface area contributed by atoms with Gasteiger partial charge in [-0.25, -0.2) is 0 Å². The second-order valence-corrected chi connectivity index (χ2v) is 4.05. The van der Waals surface area contributed by atoms with E-state index in [1.807, 2.05) is 6.92 Å². The molecule has 1 N–H and O–H groups in total. The molecule has 0 unspecified atom stereocenters. The number of nitrogens with zero attached hydrogens (tertiary/aromatic N) is 1. The smallest absolute Gasteiger partial charge is 0.174 e. The number of benzene rings is 1. The molecule has 0 radical (unpaired) electrons. The van der Waals surface area contributed by atoms with Crippen LogP contribution in [-0.4, -0.2) is 10.3 Å². The molecule has 0 saturated carbocycles. The van der Waals surface area contributed by atoms with Crippen molar-refractivity contribution in [1.29, 1.82) is 0 Å². The van der Waals surface area contributed by atoms with Crippen molar-refractivity contribution in [1.82, 2.24) is 5.16 Å². The van der Waals surface area contributed by atoms with Gasteiger partial charge in [-0.15, -0.1) is 0 Å². The van der Waals surface area contributed by atoms with E-state index in [-0.39, 0.29) is 13.2 Å². The highest BCUT2D eigenvalue weighted by atomic mass is 35.5. The summed E-state index contributed by atoms with van der Waals surface area (Å²) in [4.78, 5) is 0. The van der Waals surface area contributed by atoms with Crippen LogP contribution in [0.4, 0.5) is 0 Å². The molecule has 2 rings (SSSR count). The summed E-state index contributed by atoms with van der Waals surface area (Å²) < 4.78 is 10.5. The quantitative estimate of drug-likeness (QED) is 0.910. The summed E-state index contributed by atoms with van der Waals surface area (Å²) >= 11 is 6.00. The van der Waals surface area contributed by atoms with Crippen LogP contribution in [0.3, 0.4) is 0 Å². The SMILES string of the molecule is Cc1cc(COc2ccc(CO)cc2Cl)on1. The highest BCUT2D eigenvalue weighted by molar-refractivity contribution is 6.32. The van der Waals surface area contributed by atoms with E-state index in [1.165, 1.54) is 0 Å². The Balaban J connectivity index is 2.04. The molecule has 17 heavy (non-hydrogen) atoms. The predicted molar refractivity (Wildman–Crippen MR) is 62.9 cm³/mol. The number of hydrogen-bond acceptors (Lipinski definition) is 4. The van der Waals surface area contributed by atoms with Gasteiger partial charge < -0.3 is 14.4 Å². The summed E-state index contributed by atoms with van der Waals surface area (Å²) in [6.45, 7) is 2.08. The van der Waals surface area contributed by atoms with E-state index in [0.717, 1.165) is 11.3 Å². The molecule has 90 valence electrons. The Labute approximate surface area is 104 Å². The van der Waals surface area contributed by atoms with Crippen LogP contribution in [0.5, 0.6) is 5.75 Å². The molecule has 1 aromatic heterocycles. The first-order valence-corrected chi connectivity index (χ1v) is 5.51. The first-order chi connectivity index (χ1) is 8.19. The number of aliphatic hydroxyl groups excluding tert-OH is 1. The van der Waals surface area contributed by atoms with Crippen molar-refractivity contribution in [2.75, 3.05) is 0 Å². The van der Waals surface area contributed by atoms with Gasteiger partial charge in [0.05, 0.1) is 17.3 Å². The van der Waals surface area contributed by atoms with Gasteiger partial charge in [-0.05, 0) is 24.6 Å². The minimum Gasteiger partial charge on any atom is -0.484 e. The van der Waals surface area contributed by atoms with Crippen molar-refractivity contribution in [3.05, 3.63) is 46.3 Å². The Hall–Kier alpha value is -1.52. The highest BCUT2D eigenvalue weighted by Crippen LogP contribution is 2.26. The third-order valence-corrected chi connectivity index (χ3v) is 2.52. The Morgan fingerprint density at radius 1 is 1.41 bits per heavy atom. The zero-order chi connectivity index (χ0) is 12.3. The van der Waals surface area contributed by atoms with E-state index in [4.69, 9.17) is 26.0 Å². The second-order valence-electron chi connectivity index (χ2n) is 3.65. The van der Waals surface area contributed by atoms with Crippen molar-refractivity contribution in [2.24, 2.45) is 0 Å². The lowest BCUT2D eigenvalue weighted by Gasteiger charge is -2.06. The van der Waals surface area contributed by atoms with Crippen LogP contribution in [0.1, 0.15) is 17.0 Å². The first-order valence-electron chi connectivity index (χ1n) is 5.13. The zero-order valence-electron chi connectivity index (χ0n) is 9.31. The Morgan fingerprint density at radius 3 is 2.82 bits per heavy atom. The molecule has 2 aromatic rings. The lowest BCUT2D eigenvalue weighted by atomic mass is 10.2. The first kappa shape index (κ1) is 12.0. The van der Waals surface area contributed by atoms with Gasteiger partial charge in [0, 0.05) is 6.07 Å². The average Bonchev–Trinajstić information content (AvgIpc) is 2.73. The molecule has 0 bridgehead atoms. The number of aromatic nitrogens is 1. The second kappa shape index (κ2) is 5.21. The van der Waals surface area contributed by atoms with Gasteiger partial charge in [0.1, 0.15) is 12.4 Å². The molecule has 0 spiro atoms. The Bertz CT molecular complexity index is 510. The van der Waals surface area contributed by atoms with E-state index >= 15 is 0 Å². The third kappa shape index (κ3) is 2.99. The van der Waals surface area contributed by atoms with Crippen molar-refractivity contribution in [3.8, 4) is 5.75 Å². The maximum atomic E-state index is 8.94. The zero-order valence-corrected chi connectivity index (χ0v) is 10.1. The number of rotatable bonds is 4. The number of halogens is 1. The summed E-state index contributed by atoms with van der Waals surface area (Å²) in [5, 5.41) is 13.2. The normalized spacial score (nSPS) is 10.5. The van der Waals surface area contributed by atoms with Gasteiger partial charge in [0.2, 0.25) is 0 Å². The molecule has 0 amide bonds. The molecule has 0 atom stereocenters. The molecule has 1 heterocycles. The third-order valence-electron chi connectivity index (χ3n) is 2.23. The summed E-state index contributed by atoms with van der Waals surface area (Å²) in [6.07, 6.45) is 0. The number of hydrogen-bond donors (Lipinski definition) is 1. The number of ether oxygens (including phenoxy) is 1. The van der Waals surface area contributed by atoms with Gasteiger partial charge in [-0.2, -0.15) is 0 Å². The Morgan fingerprint density at radius 2 is 2.24 bits per heavy atom. The summed E-state index contributed by atoms with van der Waals surface area (Å²) in [5.41, 5.74) is 1.56. The van der Waals surface area contributed by atoms with Crippen LogP contribution >= 0.6 is 11.6 Å². The largest absolute Gasteiger partial charge is 0.484 e. The van der Waals surface area contributed by atoms with Gasteiger partial charge in [-0.3, -0.25) is 0 Å². The van der Waals surface area contributed by atoms with Crippen LogP contribution < -0.4 is 4.74 Å². The molecule has 4 nitrogen and oxygen atoms in total. The van der Waals surface area contributed by atoms with E-state index in [2.05, 4.69) is 5.16 Å². The van der Waals surface area contributed by atoms with Crippen LogP contribution in [0.2, 0.25) is 5.02 Å². The van der Waals surface area contributed by atoms with Crippen LogP contribution in [0.15, 0.2) is 28.8 Å². The van der Waals surface area contributed by atoms with Crippen molar-refractivity contribution >= 4 is 11.6 Å². The fourth-order valence-corrected chi connectivity index (χ4v) is 1.65. The molecule has 1 aromatic carbocycles. The molecule has 0 aliphatic carbocycles. The minimum absolute atomic E-state index is 0.0404. The minimum atomic E-state index is -0.0404. The highest BCUT2D eigenvalue weighted by Gasteiger charge is 2.05. The van der Waals surface area contributed by atoms with Crippen LogP contribution in [0, 0.1) is 6.92 Å². The van der Waals surface area contributed by atoms with E-state index in [1.54, 1.807) is 24.3 Å². The number of aryl methyl sites for hydroxylation is 1. The van der Waals surface area contributed by atoms with Crippen molar-refractivity contribution in [2.45, 2.75) is 20.1 Å². The van der Waals surface area contributed by atoms with Crippen LogP contribution in [-0.2, 0) is 13.2 Å². The van der Waals surface area contributed by atoms with E-state index in [0.29, 0.717) is 16.5 Å². The molecule has 0 aliphatic rings. The molecule has 0 saturated heterocycles. The average molecular weight is 254 g/mol. The van der Waals surface area contributed by atoms with E-state index in [9.17, 15) is 0 Å². The standard InChI is InChI=1S/C12H12ClNO3/c1-8-4-10(17-14-8)7-16-12-3-2-9(6-15)5-11(12)13/h2-5,15H,6-7H2,1H3. The van der Waals surface area contributed by atoms with Crippen molar-refractivity contribution < 1.29 is 14.4 Å². The monoisotopic (exact) mass is 253 g/mol. The fourth-order valence-electron chi connectivity index (χ4n) is 1.39. The van der Waals surface area contributed by atoms with Gasteiger partial charge >= 0.3 is 0 Å². The lowest BCUT2D eigenvalue weighted by molar-refractivity contribution is 0.248. The summed E-state index contributed by atoms with van der Waals surface area (Å²) in [5.74, 6) is 1.20. The summed E-state index contributed by atoms with van der Waals surface area (Å²) in [7, 11) is 0. The lowest BCUT2D eigenvalue weighted by Crippen LogP contribution is -1.95. The maximum Gasteiger partial charge on any atom is 0.174 e. The molecule has 5 heteroatoms.